The zero-order chi connectivity index (χ0) is 12.3. The number of nitrogens with two attached hydrogens (primary N) is 1. The lowest BCUT2D eigenvalue weighted by Crippen LogP contribution is -2.06. The van der Waals surface area contributed by atoms with Crippen LogP contribution in [0, 0.1) is 5.92 Å². The van der Waals surface area contributed by atoms with Crippen molar-refractivity contribution < 1.29 is 9.47 Å². The lowest BCUT2D eigenvalue weighted by molar-refractivity contribution is 0.282. The van der Waals surface area contributed by atoms with Gasteiger partial charge in [0.1, 0.15) is 0 Å². The third-order valence-corrected chi connectivity index (χ3v) is 3.19. The molecule has 3 nitrogen and oxygen atoms in total. The molecule has 0 aliphatic heterocycles. The van der Waals surface area contributed by atoms with E-state index in [0.29, 0.717) is 0 Å². The highest BCUT2D eigenvalue weighted by Gasteiger charge is 2.21. The van der Waals surface area contributed by atoms with Crippen LogP contribution in [0.3, 0.4) is 0 Å². The summed E-state index contributed by atoms with van der Waals surface area (Å²) in [6.45, 7) is 2.74. The molecule has 94 valence electrons. The third kappa shape index (κ3) is 3.37. The fourth-order valence-electron chi connectivity index (χ4n) is 1.83. The van der Waals surface area contributed by atoms with Gasteiger partial charge in [-0.25, -0.2) is 0 Å². The van der Waals surface area contributed by atoms with Crippen molar-refractivity contribution in [2.45, 2.75) is 32.2 Å². The van der Waals surface area contributed by atoms with Crippen LogP contribution in [0.15, 0.2) is 18.2 Å². The summed E-state index contributed by atoms with van der Waals surface area (Å²) in [5.74, 6) is 2.48. The lowest BCUT2D eigenvalue weighted by atomic mass is 10.1. The predicted octanol–water partition coefficient (Wildman–Crippen LogP) is 2.89. The van der Waals surface area contributed by atoms with Crippen molar-refractivity contribution in [2.75, 3.05) is 13.7 Å². The number of benzene rings is 1. The minimum Gasteiger partial charge on any atom is -0.493 e. The van der Waals surface area contributed by atoms with Crippen molar-refractivity contribution in [3.05, 3.63) is 23.8 Å². The molecule has 0 saturated heterocycles. The van der Waals surface area contributed by atoms with Crippen molar-refractivity contribution in [2.24, 2.45) is 11.7 Å². The fraction of sp³-hybridized carbons (Fsp3) is 0.571. The van der Waals surface area contributed by atoms with Crippen molar-refractivity contribution >= 4 is 0 Å². The standard InChI is InChI=1S/C14H21NO2/c1-10(15)12-5-6-13(14(9-12)16-2)17-8-7-11-3-4-11/h5-6,9-11H,3-4,7-8,15H2,1-2H3. The molecule has 1 atom stereocenters. The summed E-state index contributed by atoms with van der Waals surface area (Å²) in [7, 11) is 1.66. The van der Waals surface area contributed by atoms with Gasteiger partial charge in [0.05, 0.1) is 13.7 Å². The quantitative estimate of drug-likeness (QED) is 0.824. The van der Waals surface area contributed by atoms with E-state index in [1.807, 2.05) is 25.1 Å². The van der Waals surface area contributed by atoms with Crippen LogP contribution in [0.25, 0.3) is 0 Å². The maximum absolute atomic E-state index is 5.84. The second-order valence-electron chi connectivity index (χ2n) is 4.78. The topological polar surface area (TPSA) is 44.5 Å². The van der Waals surface area contributed by atoms with Gasteiger partial charge in [-0.1, -0.05) is 18.9 Å². The molecule has 17 heavy (non-hydrogen) atoms. The number of hydrogen-bond acceptors (Lipinski definition) is 3. The van der Waals surface area contributed by atoms with Crippen molar-refractivity contribution in [3.8, 4) is 11.5 Å². The first-order valence-corrected chi connectivity index (χ1v) is 6.27. The molecule has 0 radical (unpaired) electrons. The maximum Gasteiger partial charge on any atom is 0.161 e. The Morgan fingerprint density at radius 1 is 1.35 bits per heavy atom. The van der Waals surface area contributed by atoms with Crippen LogP contribution in [0.2, 0.25) is 0 Å². The summed E-state index contributed by atoms with van der Waals surface area (Å²) >= 11 is 0. The van der Waals surface area contributed by atoms with Crippen LogP contribution >= 0.6 is 0 Å². The molecule has 3 heteroatoms. The van der Waals surface area contributed by atoms with Gasteiger partial charge in [-0.3, -0.25) is 0 Å². The zero-order valence-corrected chi connectivity index (χ0v) is 10.6. The molecule has 0 spiro atoms. The molecule has 2 rings (SSSR count). The third-order valence-electron chi connectivity index (χ3n) is 3.19. The highest BCUT2D eigenvalue weighted by Crippen LogP contribution is 2.34. The highest BCUT2D eigenvalue weighted by atomic mass is 16.5. The lowest BCUT2D eigenvalue weighted by Gasteiger charge is -2.13. The average molecular weight is 235 g/mol. The SMILES string of the molecule is COc1cc(C(C)N)ccc1OCCC1CC1. The fourth-order valence-corrected chi connectivity index (χ4v) is 1.83. The summed E-state index contributed by atoms with van der Waals surface area (Å²) in [6.07, 6.45) is 3.88. The Balaban J connectivity index is 1.98. The van der Waals surface area contributed by atoms with E-state index in [1.165, 1.54) is 12.8 Å². The Morgan fingerprint density at radius 2 is 2.12 bits per heavy atom. The van der Waals surface area contributed by atoms with Crippen LogP contribution < -0.4 is 15.2 Å². The number of ether oxygens (including phenoxy) is 2. The van der Waals surface area contributed by atoms with Gasteiger partial charge < -0.3 is 15.2 Å². The normalized spacial score (nSPS) is 16.6. The monoisotopic (exact) mass is 235 g/mol. The Labute approximate surface area is 103 Å². The molecule has 1 aliphatic rings. The highest BCUT2D eigenvalue weighted by molar-refractivity contribution is 5.43. The average Bonchev–Trinajstić information content (AvgIpc) is 3.13. The smallest absolute Gasteiger partial charge is 0.161 e. The van der Waals surface area contributed by atoms with Gasteiger partial charge in [0.2, 0.25) is 0 Å². The second-order valence-corrected chi connectivity index (χ2v) is 4.78. The van der Waals surface area contributed by atoms with E-state index in [2.05, 4.69) is 0 Å². The van der Waals surface area contributed by atoms with Gasteiger partial charge in [-0.15, -0.1) is 0 Å². The Kier molecular flexibility index (Phi) is 3.89. The molecular formula is C14H21NO2. The van der Waals surface area contributed by atoms with Crippen molar-refractivity contribution in [1.29, 1.82) is 0 Å². The molecule has 1 aromatic carbocycles. The Hall–Kier alpha value is -1.22. The molecular weight excluding hydrogens is 214 g/mol. The molecule has 2 N–H and O–H groups in total. The summed E-state index contributed by atoms with van der Waals surface area (Å²) < 4.78 is 11.1. The van der Waals surface area contributed by atoms with Gasteiger partial charge in [0.15, 0.2) is 11.5 Å². The molecule has 1 saturated carbocycles. The largest absolute Gasteiger partial charge is 0.493 e. The van der Waals surface area contributed by atoms with Crippen LogP contribution in [0.5, 0.6) is 11.5 Å². The molecule has 1 unspecified atom stereocenters. The van der Waals surface area contributed by atoms with E-state index < -0.39 is 0 Å². The van der Waals surface area contributed by atoms with Crippen LogP contribution in [0.1, 0.15) is 37.8 Å². The van der Waals surface area contributed by atoms with Gasteiger partial charge in [0.25, 0.3) is 0 Å². The van der Waals surface area contributed by atoms with Crippen molar-refractivity contribution in [3.63, 3.8) is 0 Å². The Morgan fingerprint density at radius 3 is 2.71 bits per heavy atom. The molecule has 1 aliphatic carbocycles. The number of hydrogen-bond donors (Lipinski definition) is 1. The second kappa shape index (κ2) is 5.41. The maximum atomic E-state index is 5.84. The minimum absolute atomic E-state index is 0.0180. The summed E-state index contributed by atoms with van der Waals surface area (Å²) in [5, 5.41) is 0. The molecule has 1 aromatic rings. The Bertz CT molecular complexity index is 372. The molecule has 1 fully saturated rings. The first-order valence-electron chi connectivity index (χ1n) is 6.27. The zero-order valence-electron chi connectivity index (χ0n) is 10.6. The summed E-state index contributed by atoms with van der Waals surface area (Å²) in [5.41, 5.74) is 6.91. The predicted molar refractivity (Wildman–Crippen MR) is 68.4 cm³/mol. The first kappa shape index (κ1) is 12.2. The summed E-state index contributed by atoms with van der Waals surface area (Å²) in [4.78, 5) is 0. The van der Waals surface area contributed by atoms with Gasteiger partial charge in [-0.2, -0.15) is 0 Å². The van der Waals surface area contributed by atoms with Crippen LogP contribution in [0.4, 0.5) is 0 Å². The van der Waals surface area contributed by atoms with E-state index in [4.69, 9.17) is 15.2 Å². The van der Waals surface area contributed by atoms with E-state index in [0.717, 1.165) is 36.0 Å². The van der Waals surface area contributed by atoms with Gasteiger partial charge in [-0.05, 0) is 37.0 Å². The van der Waals surface area contributed by atoms with E-state index in [9.17, 15) is 0 Å². The number of rotatable bonds is 6. The van der Waals surface area contributed by atoms with E-state index in [-0.39, 0.29) is 6.04 Å². The first-order chi connectivity index (χ1) is 8.20. The van der Waals surface area contributed by atoms with E-state index >= 15 is 0 Å². The molecule has 0 aromatic heterocycles. The minimum atomic E-state index is 0.0180. The van der Waals surface area contributed by atoms with Crippen molar-refractivity contribution in [1.82, 2.24) is 0 Å². The summed E-state index contributed by atoms with van der Waals surface area (Å²) in [6, 6.07) is 5.92. The van der Waals surface area contributed by atoms with Crippen LogP contribution in [-0.2, 0) is 0 Å². The molecule has 0 amide bonds. The van der Waals surface area contributed by atoms with Gasteiger partial charge in [0, 0.05) is 6.04 Å². The molecule has 0 bridgehead atoms. The van der Waals surface area contributed by atoms with Gasteiger partial charge >= 0.3 is 0 Å². The van der Waals surface area contributed by atoms with Crippen LogP contribution in [-0.4, -0.2) is 13.7 Å². The van der Waals surface area contributed by atoms with E-state index in [1.54, 1.807) is 7.11 Å². The number of methoxy groups -OCH3 is 1. The molecule has 0 heterocycles.